The lowest BCUT2D eigenvalue weighted by molar-refractivity contribution is -0.134. The van der Waals surface area contributed by atoms with Crippen molar-refractivity contribution in [3.05, 3.63) is 59.9 Å². The van der Waals surface area contributed by atoms with E-state index in [1.54, 1.807) is 7.11 Å². The second-order valence-electron chi connectivity index (χ2n) is 8.66. The van der Waals surface area contributed by atoms with Crippen LogP contribution in [0.5, 0.6) is 5.75 Å². The summed E-state index contributed by atoms with van der Waals surface area (Å²) in [4.78, 5) is 26.5. The van der Waals surface area contributed by atoms with E-state index in [9.17, 15) is 4.79 Å². The summed E-state index contributed by atoms with van der Waals surface area (Å²) < 4.78 is 5.47. The summed E-state index contributed by atoms with van der Waals surface area (Å²) in [7, 11) is 1.72. The number of para-hydroxylation sites is 1. The Morgan fingerprint density at radius 2 is 1.56 bits per heavy atom. The number of carbonyl (C=O) groups is 1. The van der Waals surface area contributed by atoms with Crippen molar-refractivity contribution < 1.29 is 9.53 Å². The minimum Gasteiger partial charge on any atom is -0.496 e. The molecule has 7 nitrogen and oxygen atoms in total. The second kappa shape index (κ2) is 11.4. The van der Waals surface area contributed by atoms with Gasteiger partial charge in [-0.15, -0.1) is 0 Å². The topological polar surface area (TPSA) is 52.2 Å². The second-order valence-corrected chi connectivity index (χ2v) is 8.66. The molecule has 0 aliphatic carbocycles. The molecule has 1 aromatic heterocycles. The number of piperazine rings is 2. The number of carbonyl (C=O) groups excluding carboxylic acids is 1. The first-order chi connectivity index (χ1) is 15.7. The van der Waals surface area contributed by atoms with Crippen LogP contribution in [0.2, 0.25) is 0 Å². The van der Waals surface area contributed by atoms with E-state index in [-0.39, 0.29) is 5.91 Å². The van der Waals surface area contributed by atoms with E-state index in [4.69, 9.17) is 4.74 Å². The highest BCUT2D eigenvalue weighted by Crippen LogP contribution is 2.20. The Labute approximate surface area is 191 Å². The van der Waals surface area contributed by atoms with Crippen LogP contribution in [0.3, 0.4) is 0 Å². The van der Waals surface area contributed by atoms with Crippen molar-refractivity contribution >= 4 is 5.91 Å². The number of ether oxygens (including phenoxy) is 1. The van der Waals surface area contributed by atoms with E-state index in [1.165, 1.54) is 5.56 Å². The normalized spacial score (nSPS) is 18.6. The zero-order valence-corrected chi connectivity index (χ0v) is 19.2. The fourth-order valence-corrected chi connectivity index (χ4v) is 4.51. The van der Waals surface area contributed by atoms with Crippen LogP contribution in [0.25, 0.3) is 0 Å². The molecule has 0 unspecified atom stereocenters. The number of benzene rings is 1. The monoisotopic (exact) mass is 437 g/mol. The van der Waals surface area contributed by atoms with Gasteiger partial charge in [0.25, 0.3) is 0 Å². The van der Waals surface area contributed by atoms with Crippen molar-refractivity contribution in [3.63, 3.8) is 0 Å². The highest BCUT2D eigenvalue weighted by atomic mass is 16.5. The highest BCUT2D eigenvalue weighted by molar-refractivity contribution is 5.78. The number of aromatic nitrogens is 1. The SMILES string of the molecule is COc1ccccc1CN1CCN(C(=O)CN2CCN(CCc3ccccn3)CC2)CC1. The first kappa shape index (κ1) is 22.7. The third-order valence-corrected chi connectivity index (χ3v) is 6.55. The molecular formula is C25H35N5O2. The fourth-order valence-electron chi connectivity index (χ4n) is 4.51. The standard InChI is InChI=1S/C25H35N5O2/c1-32-24-8-3-2-6-22(24)20-28-16-18-30(19-17-28)25(31)21-29-14-12-27(13-15-29)11-9-23-7-4-5-10-26-23/h2-8,10H,9,11-21H2,1H3. The van der Waals surface area contributed by atoms with E-state index >= 15 is 0 Å². The maximum atomic E-state index is 12.8. The molecule has 2 aromatic rings. The van der Waals surface area contributed by atoms with Gasteiger partial charge in [0.2, 0.25) is 5.91 Å². The van der Waals surface area contributed by atoms with Gasteiger partial charge >= 0.3 is 0 Å². The van der Waals surface area contributed by atoms with E-state index in [0.717, 1.165) is 83.3 Å². The Bertz CT molecular complexity index is 846. The van der Waals surface area contributed by atoms with Crippen LogP contribution in [0.4, 0.5) is 0 Å². The number of nitrogens with zero attached hydrogens (tertiary/aromatic N) is 5. The molecule has 2 aliphatic heterocycles. The van der Waals surface area contributed by atoms with Crippen LogP contribution in [-0.4, -0.2) is 103 Å². The number of methoxy groups -OCH3 is 1. The Balaban J connectivity index is 1.15. The van der Waals surface area contributed by atoms with Crippen LogP contribution >= 0.6 is 0 Å². The lowest BCUT2D eigenvalue weighted by Gasteiger charge is -2.38. The van der Waals surface area contributed by atoms with Crippen molar-refractivity contribution in [2.75, 3.05) is 72.6 Å². The first-order valence-electron chi connectivity index (χ1n) is 11.7. The van der Waals surface area contributed by atoms with E-state index in [2.05, 4.69) is 37.9 Å². The van der Waals surface area contributed by atoms with Crippen LogP contribution in [0.15, 0.2) is 48.7 Å². The van der Waals surface area contributed by atoms with E-state index in [1.807, 2.05) is 35.4 Å². The molecule has 1 aromatic carbocycles. The molecule has 7 heteroatoms. The Morgan fingerprint density at radius 1 is 0.875 bits per heavy atom. The number of hydrogen-bond donors (Lipinski definition) is 0. The van der Waals surface area contributed by atoms with Gasteiger partial charge in [-0.3, -0.25) is 19.6 Å². The maximum Gasteiger partial charge on any atom is 0.236 e. The summed E-state index contributed by atoms with van der Waals surface area (Å²) in [5.74, 6) is 1.20. The zero-order valence-electron chi connectivity index (χ0n) is 19.2. The van der Waals surface area contributed by atoms with Gasteiger partial charge < -0.3 is 14.5 Å². The highest BCUT2D eigenvalue weighted by Gasteiger charge is 2.25. The summed E-state index contributed by atoms with van der Waals surface area (Å²) in [6.07, 6.45) is 2.84. The Morgan fingerprint density at radius 3 is 2.28 bits per heavy atom. The van der Waals surface area contributed by atoms with Crippen molar-refractivity contribution in [3.8, 4) is 5.75 Å². The average molecular weight is 438 g/mol. The van der Waals surface area contributed by atoms with Gasteiger partial charge in [-0.1, -0.05) is 24.3 Å². The molecule has 0 saturated carbocycles. The van der Waals surface area contributed by atoms with Crippen LogP contribution in [-0.2, 0) is 17.8 Å². The molecule has 0 radical (unpaired) electrons. The van der Waals surface area contributed by atoms with E-state index in [0.29, 0.717) is 6.54 Å². The summed E-state index contributed by atoms with van der Waals surface area (Å²) in [6.45, 7) is 9.83. The summed E-state index contributed by atoms with van der Waals surface area (Å²) >= 11 is 0. The third kappa shape index (κ3) is 6.28. The van der Waals surface area contributed by atoms with Crippen LogP contribution in [0, 0.1) is 0 Å². The lowest BCUT2D eigenvalue weighted by Crippen LogP contribution is -2.53. The predicted octanol–water partition coefficient (Wildman–Crippen LogP) is 1.59. The van der Waals surface area contributed by atoms with Gasteiger partial charge in [0.1, 0.15) is 5.75 Å². The average Bonchev–Trinajstić information content (AvgIpc) is 2.85. The number of amides is 1. The smallest absolute Gasteiger partial charge is 0.236 e. The number of rotatable bonds is 8. The molecule has 0 spiro atoms. The molecule has 4 rings (SSSR count). The fraction of sp³-hybridized carbons (Fsp3) is 0.520. The molecular weight excluding hydrogens is 402 g/mol. The Kier molecular flexibility index (Phi) is 8.09. The van der Waals surface area contributed by atoms with Gasteiger partial charge in [0, 0.05) is 89.3 Å². The molecule has 2 aliphatic rings. The molecule has 3 heterocycles. The molecule has 32 heavy (non-hydrogen) atoms. The maximum absolute atomic E-state index is 12.8. The molecule has 2 saturated heterocycles. The minimum absolute atomic E-state index is 0.267. The zero-order chi connectivity index (χ0) is 22.2. The molecule has 2 fully saturated rings. The van der Waals surface area contributed by atoms with Crippen molar-refractivity contribution in [1.29, 1.82) is 0 Å². The molecule has 172 valence electrons. The van der Waals surface area contributed by atoms with E-state index < -0.39 is 0 Å². The number of pyridine rings is 1. The van der Waals surface area contributed by atoms with Crippen molar-refractivity contribution in [2.24, 2.45) is 0 Å². The van der Waals surface area contributed by atoms with Crippen molar-refractivity contribution in [1.82, 2.24) is 24.6 Å². The largest absolute Gasteiger partial charge is 0.496 e. The lowest BCUT2D eigenvalue weighted by atomic mass is 10.1. The Hall–Kier alpha value is -2.48. The first-order valence-corrected chi connectivity index (χ1v) is 11.7. The summed E-state index contributed by atoms with van der Waals surface area (Å²) in [6, 6.07) is 14.3. The predicted molar refractivity (Wildman–Crippen MR) is 126 cm³/mol. The van der Waals surface area contributed by atoms with Gasteiger partial charge in [-0.2, -0.15) is 0 Å². The molecule has 1 amide bonds. The molecule has 0 bridgehead atoms. The summed E-state index contributed by atoms with van der Waals surface area (Å²) in [5.41, 5.74) is 2.35. The van der Waals surface area contributed by atoms with Gasteiger partial charge in [-0.05, 0) is 18.2 Å². The van der Waals surface area contributed by atoms with Crippen LogP contribution < -0.4 is 4.74 Å². The van der Waals surface area contributed by atoms with Gasteiger partial charge in [0.15, 0.2) is 0 Å². The quantitative estimate of drug-likeness (QED) is 0.625. The van der Waals surface area contributed by atoms with Gasteiger partial charge in [0.05, 0.1) is 13.7 Å². The minimum atomic E-state index is 0.267. The molecule has 0 N–H and O–H groups in total. The number of hydrogen-bond acceptors (Lipinski definition) is 6. The van der Waals surface area contributed by atoms with Crippen LogP contribution in [0.1, 0.15) is 11.3 Å². The van der Waals surface area contributed by atoms with Gasteiger partial charge in [-0.25, -0.2) is 0 Å². The van der Waals surface area contributed by atoms with Crippen molar-refractivity contribution in [2.45, 2.75) is 13.0 Å². The third-order valence-electron chi connectivity index (χ3n) is 6.55. The molecule has 0 atom stereocenters. The summed E-state index contributed by atoms with van der Waals surface area (Å²) in [5, 5.41) is 0.